The molecule has 0 bridgehead atoms. The zero-order valence-electron chi connectivity index (χ0n) is 13.5. The van der Waals surface area contributed by atoms with Gasteiger partial charge in [0.15, 0.2) is 0 Å². The Labute approximate surface area is 139 Å². The van der Waals surface area contributed by atoms with Gasteiger partial charge < -0.3 is 15.4 Å². The summed E-state index contributed by atoms with van der Waals surface area (Å²) in [6.45, 7) is 3.06. The van der Waals surface area contributed by atoms with E-state index in [1.807, 2.05) is 0 Å². The molecule has 0 saturated carbocycles. The molecule has 0 heterocycles. The largest absolute Gasteiger partial charge is 0.427 e. The summed E-state index contributed by atoms with van der Waals surface area (Å²) < 4.78 is 4.96. The third-order valence-electron chi connectivity index (χ3n) is 3.08. The number of rotatable bonds is 5. The van der Waals surface area contributed by atoms with Crippen LogP contribution in [-0.4, -0.2) is 17.8 Å². The minimum atomic E-state index is -0.452. The first-order valence-electron chi connectivity index (χ1n) is 7.47. The number of amides is 2. The Morgan fingerprint density at radius 1 is 0.958 bits per heavy atom. The summed E-state index contributed by atoms with van der Waals surface area (Å²) in [5, 5.41) is 5.47. The van der Waals surface area contributed by atoms with Crippen molar-refractivity contribution in [2.24, 2.45) is 0 Å². The summed E-state index contributed by atoms with van der Waals surface area (Å²) in [5.41, 5.74) is 1.51. The second kappa shape index (κ2) is 7.92. The van der Waals surface area contributed by atoms with Crippen LogP contribution in [-0.2, 0) is 9.59 Å². The zero-order valence-corrected chi connectivity index (χ0v) is 13.5. The molecule has 6 nitrogen and oxygen atoms in total. The number of benzene rings is 2. The molecule has 124 valence electrons. The number of hydrogen-bond donors (Lipinski definition) is 2. The molecule has 0 unspecified atom stereocenters. The van der Waals surface area contributed by atoms with Gasteiger partial charge in [0, 0.05) is 30.3 Å². The number of nitrogens with one attached hydrogen (secondary N) is 2. The first kappa shape index (κ1) is 17.2. The number of ether oxygens (including phenoxy) is 1. The van der Waals surface area contributed by atoms with Crippen molar-refractivity contribution < 1.29 is 19.1 Å². The van der Waals surface area contributed by atoms with E-state index in [0.717, 1.165) is 0 Å². The average molecular weight is 326 g/mol. The topological polar surface area (TPSA) is 84.5 Å². The van der Waals surface area contributed by atoms with Crippen LogP contribution in [0.1, 0.15) is 30.6 Å². The first-order chi connectivity index (χ1) is 11.5. The molecule has 6 heteroatoms. The van der Waals surface area contributed by atoms with E-state index >= 15 is 0 Å². The van der Waals surface area contributed by atoms with E-state index in [-0.39, 0.29) is 11.8 Å². The molecule has 0 aliphatic rings. The number of anilines is 2. The van der Waals surface area contributed by atoms with Crippen molar-refractivity contribution in [3.63, 3.8) is 0 Å². The molecule has 0 atom stereocenters. The van der Waals surface area contributed by atoms with Crippen molar-refractivity contribution in [2.45, 2.75) is 20.3 Å². The van der Waals surface area contributed by atoms with Crippen molar-refractivity contribution in [1.29, 1.82) is 0 Å². The molecule has 0 spiro atoms. The fourth-order valence-electron chi connectivity index (χ4n) is 1.99. The van der Waals surface area contributed by atoms with Gasteiger partial charge in [-0.05, 0) is 36.4 Å². The lowest BCUT2D eigenvalue weighted by Gasteiger charge is -2.09. The number of carbonyl (C=O) groups excluding carboxylic acids is 3. The average Bonchev–Trinajstić information content (AvgIpc) is 2.54. The van der Waals surface area contributed by atoms with Crippen LogP contribution in [0.5, 0.6) is 5.75 Å². The van der Waals surface area contributed by atoms with Gasteiger partial charge in [-0.1, -0.05) is 19.1 Å². The lowest BCUT2D eigenvalue weighted by molar-refractivity contribution is -0.131. The van der Waals surface area contributed by atoms with Crippen LogP contribution in [0.4, 0.5) is 11.4 Å². The Kier molecular flexibility index (Phi) is 5.68. The quantitative estimate of drug-likeness (QED) is 0.653. The van der Waals surface area contributed by atoms with E-state index in [4.69, 9.17) is 4.74 Å². The molecule has 0 aromatic heterocycles. The van der Waals surface area contributed by atoms with Crippen LogP contribution in [0.2, 0.25) is 0 Å². The minimum Gasteiger partial charge on any atom is -0.427 e. The molecule has 2 aromatic rings. The van der Waals surface area contributed by atoms with Gasteiger partial charge in [-0.3, -0.25) is 14.4 Å². The highest BCUT2D eigenvalue weighted by atomic mass is 16.5. The molecule has 0 radical (unpaired) electrons. The highest BCUT2D eigenvalue weighted by Crippen LogP contribution is 2.18. The lowest BCUT2D eigenvalue weighted by atomic mass is 10.2. The molecular weight excluding hydrogens is 308 g/mol. The Morgan fingerprint density at radius 2 is 1.62 bits per heavy atom. The third-order valence-corrected chi connectivity index (χ3v) is 3.08. The zero-order chi connectivity index (χ0) is 17.5. The summed E-state index contributed by atoms with van der Waals surface area (Å²) in [6, 6.07) is 13.2. The molecule has 24 heavy (non-hydrogen) atoms. The van der Waals surface area contributed by atoms with Crippen LogP contribution >= 0.6 is 0 Å². The second-order valence-electron chi connectivity index (χ2n) is 5.06. The molecule has 0 aliphatic carbocycles. The first-order valence-corrected chi connectivity index (χ1v) is 7.47. The normalized spacial score (nSPS) is 9.92. The van der Waals surface area contributed by atoms with Gasteiger partial charge >= 0.3 is 5.97 Å². The van der Waals surface area contributed by atoms with Crippen LogP contribution in [0.25, 0.3) is 0 Å². The van der Waals surface area contributed by atoms with Gasteiger partial charge in [0.2, 0.25) is 5.91 Å². The number of hydrogen-bond acceptors (Lipinski definition) is 4. The fraction of sp³-hybridized carbons (Fsp3) is 0.167. The van der Waals surface area contributed by atoms with Crippen molar-refractivity contribution in [2.75, 3.05) is 10.6 Å². The monoisotopic (exact) mass is 326 g/mol. The van der Waals surface area contributed by atoms with Gasteiger partial charge in [0.1, 0.15) is 5.75 Å². The van der Waals surface area contributed by atoms with Gasteiger partial charge in [0.25, 0.3) is 5.91 Å². The minimum absolute atomic E-state index is 0.104. The summed E-state index contributed by atoms with van der Waals surface area (Å²) in [6.07, 6.45) is 0.375. The van der Waals surface area contributed by atoms with Crippen molar-refractivity contribution in [3.05, 3.63) is 54.1 Å². The van der Waals surface area contributed by atoms with E-state index in [9.17, 15) is 14.4 Å². The highest BCUT2D eigenvalue weighted by molar-refractivity contribution is 6.05. The van der Waals surface area contributed by atoms with Gasteiger partial charge in [-0.25, -0.2) is 0 Å². The smallest absolute Gasteiger partial charge is 0.308 e. The van der Waals surface area contributed by atoms with Gasteiger partial charge in [-0.2, -0.15) is 0 Å². The Bertz CT molecular complexity index is 771. The number of esters is 1. The van der Waals surface area contributed by atoms with E-state index in [1.54, 1.807) is 49.4 Å². The Morgan fingerprint density at radius 3 is 2.29 bits per heavy atom. The van der Waals surface area contributed by atoms with Crippen LogP contribution < -0.4 is 15.4 Å². The summed E-state index contributed by atoms with van der Waals surface area (Å²) in [5.74, 6) is -0.596. The van der Waals surface area contributed by atoms with Crippen molar-refractivity contribution in [3.8, 4) is 5.75 Å². The molecule has 2 rings (SSSR count). The van der Waals surface area contributed by atoms with E-state index in [1.165, 1.54) is 13.0 Å². The van der Waals surface area contributed by atoms with Crippen molar-refractivity contribution in [1.82, 2.24) is 0 Å². The molecule has 2 N–H and O–H groups in total. The summed E-state index contributed by atoms with van der Waals surface area (Å²) in [4.78, 5) is 34.7. The molecular formula is C18H18N2O4. The predicted molar refractivity (Wildman–Crippen MR) is 91.1 cm³/mol. The van der Waals surface area contributed by atoms with E-state index in [2.05, 4.69) is 10.6 Å². The van der Waals surface area contributed by atoms with Gasteiger partial charge in [-0.15, -0.1) is 0 Å². The molecule has 0 saturated heterocycles. The summed E-state index contributed by atoms with van der Waals surface area (Å²) in [7, 11) is 0. The molecule has 0 aliphatic heterocycles. The molecule has 2 amide bonds. The maximum atomic E-state index is 12.3. The fourth-order valence-corrected chi connectivity index (χ4v) is 1.99. The third kappa shape index (κ3) is 4.95. The standard InChI is InChI=1S/C18H18N2O4/c1-3-17(22)19-14-7-5-8-15(11-14)20-18(23)13-6-4-9-16(10-13)24-12(2)21/h4-11H,3H2,1-2H3,(H,19,22)(H,20,23). The second-order valence-corrected chi connectivity index (χ2v) is 5.06. The van der Waals surface area contributed by atoms with Gasteiger partial charge in [0.05, 0.1) is 0 Å². The Hall–Kier alpha value is -3.15. The molecule has 0 fully saturated rings. The van der Waals surface area contributed by atoms with Crippen LogP contribution in [0, 0.1) is 0 Å². The van der Waals surface area contributed by atoms with Crippen LogP contribution in [0.3, 0.4) is 0 Å². The lowest BCUT2D eigenvalue weighted by Crippen LogP contribution is -2.13. The Balaban J connectivity index is 2.10. The molecule has 2 aromatic carbocycles. The predicted octanol–water partition coefficient (Wildman–Crippen LogP) is 3.21. The van der Waals surface area contributed by atoms with E-state index < -0.39 is 5.97 Å². The number of carbonyl (C=O) groups is 3. The SMILES string of the molecule is CCC(=O)Nc1cccc(NC(=O)c2cccc(OC(C)=O)c2)c1. The van der Waals surface area contributed by atoms with E-state index in [0.29, 0.717) is 29.1 Å². The van der Waals surface area contributed by atoms with Crippen LogP contribution in [0.15, 0.2) is 48.5 Å². The summed E-state index contributed by atoms with van der Waals surface area (Å²) >= 11 is 0. The maximum absolute atomic E-state index is 12.3. The van der Waals surface area contributed by atoms with Crippen molar-refractivity contribution >= 4 is 29.2 Å². The highest BCUT2D eigenvalue weighted by Gasteiger charge is 2.09. The maximum Gasteiger partial charge on any atom is 0.308 e.